The van der Waals surface area contributed by atoms with Crippen LogP contribution in [0, 0.1) is 17.5 Å². The van der Waals surface area contributed by atoms with Crippen molar-refractivity contribution in [1.82, 2.24) is 5.32 Å². The van der Waals surface area contributed by atoms with Crippen LogP contribution in [0.1, 0.15) is 12.8 Å². The van der Waals surface area contributed by atoms with E-state index in [2.05, 4.69) is 10.6 Å². The van der Waals surface area contributed by atoms with E-state index >= 15 is 0 Å². The lowest BCUT2D eigenvalue weighted by Crippen LogP contribution is -2.29. The van der Waals surface area contributed by atoms with Crippen molar-refractivity contribution in [3.63, 3.8) is 0 Å². The first-order valence-electron chi connectivity index (χ1n) is 5.28. The van der Waals surface area contributed by atoms with Gasteiger partial charge in [0.2, 0.25) is 0 Å². The molecule has 16 heavy (non-hydrogen) atoms. The van der Waals surface area contributed by atoms with E-state index in [0.29, 0.717) is 12.6 Å². The van der Waals surface area contributed by atoms with E-state index in [-0.39, 0.29) is 11.7 Å². The van der Waals surface area contributed by atoms with Gasteiger partial charge in [0.1, 0.15) is 5.82 Å². The van der Waals surface area contributed by atoms with Gasteiger partial charge in [-0.05, 0) is 19.4 Å². The van der Waals surface area contributed by atoms with E-state index in [0.717, 1.165) is 25.5 Å². The van der Waals surface area contributed by atoms with Crippen LogP contribution in [-0.4, -0.2) is 19.1 Å². The van der Waals surface area contributed by atoms with Crippen molar-refractivity contribution in [2.24, 2.45) is 0 Å². The van der Waals surface area contributed by atoms with E-state index in [4.69, 9.17) is 0 Å². The summed E-state index contributed by atoms with van der Waals surface area (Å²) in [6.07, 6.45) is 2.07. The van der Waals surface area contributed by atoms with Crippen molar-refractivity contribution < 1.29 is 13.2 Å². The van der Waals surface area contributed by atoms with E-state index in [1.165, 1.54) is 0 Å². The molecular weight excluding hydrogens is 217 g/mol. The predicted octanol–water partition coefficient (Wildman–Crippen LogP) is 2.27. The molecule has 2 nitrogen and oxygen atoms in total. The molecule has 1 unspecified atom stereocenters. The molecule has 88 valence electrons. The van der Waals surface area contributed by atoms with Crippen LogP contribution in [0.5, 0.6) is 0 Å². The summed E-state index contributed by atoms with van der Waals surface area (Å²) in [5.74, 6) is -2.97. The minimum absolute atomic E-state index is 0.119. The van der Waals surface area contributed by atoms with Crippen LogP contribution in [0.4, 0.5) is 18.9 Å². The molecule has 5 heteroatoms. The first kappa shape index (κ1) is 11.3. The molecule has 2 rings (SSSR count). The number of hydrogen-bond donors (Lipinski definition) is 2. The Balaban J connectivity index is 2.02. The van der Waals surface area contributed by atoms with Crippen LogP contribution in [0.15, 0.2) is 12.1 Å². The molecule has 1 saturated heterocycles. The lowest BCUT2D eigenvalue weighted by molar-refractivity contribution is 0.496. The summed E-state index contributed by atoms with van der Waals surface area (Å²) < 4.78 is 38.9. The average molecular weight is 230 g/mol. The summed E-state index contributed by atoms with van der Waals surface area (Å²) in [4.78, 5) is 0. The first-order valence-corrected chi connectivity index (χ1v) is 5.28. The maximum absolute atomic E-state index is 13.2. The molecule has 1 aliphatic rings. The van der Waals surface area contributed by atoms with E-state index in [1.54, 1.807) is 0 Å². The number of halogens is 3. The molecule has 1 fully saturated rings. The van der Waals surface area contributed by atoms with Gasteiger partial charge in [-0.3, -0.25) is 0 Å². The van der Waals surface area contributed by atoms with Crippen LogP contribution < -0.4 is 10.6 Å². The van der Waals surface area contributed by atoms with Gasteiger partial charge in [0.15, 0.2) is 11.6 Å². The zero-order valence-electron chi connectivity index (χ0n) is 8.69. The quantitative estimate of drug-likeness (QED) is 0.778. The number of anilines is 1. The molecule has 0 saturated carbocycles. The Bertz CT molecular complexity index is 376. The molecule has 1 heterocycles. The van der Waals surface area contributed by atoms with E-state index in [9.17, 15) is 13.2 Å². The second kappa shape index (κ2) is 4.74. The zero-order chi connectivity index (χ0) is 11.5. The third-order valence-electron chi connectivity index (χ3n) is 2.69. The molecule has 0 amide bonds. The Morgan fingerprint density at radius 2 is 2.12 bits per heavy atom. The third-order valence-corrected chi connectivity index (χ3v) is 2.69. The van der Waals surface area contributed by atoms with Gasteiger partial charge in [-0.15, -0.1) is 0 Å². The van der Waals surface area contributed by atoms with E-state index < -0.39 is 17.5 Å². The Labute approximate surface area is 91.8 Å². The highest BCUT2D eigenvalue weighted by molar-refractivity contribution is 5.45. The Hall–Kier alpha value is -1.23. The van der Waals surface area contributed by atoms with Crippen molar-refractivity contribution in [3.05, 3.63) is 29.6 Å². The molecule has 0 spiro atoms. The van der Waals surface area contributed by atoms with Gasteiger partial charge < -0.3 is 10.6 Å². The molecule has 1 aromatic rings. The minimum Gasteiger partial charge on any atom is -0.381 e. The lowest BCUT2D eigenvalue weighted by atomic mass is 10.2. The average Bonchev–Trinajstić information content (AvgIpc) is 2.74. The van der Waals surface area contributed by atoms with Gasteiger partial charge in [0.25, 0.3) is 0 Å². The predicted molar refractivity (Wildman–Crippen MR) is 55.8 cm³/mol. The summed E-state index contributed by atoms with van der Waals surface area (Å²) in [5, 5.41) is 5.92. The molecule has 1 aromatic carbocycles. The lowest BCUT2D eigenvalue weighted by Gasteiger charge is -2.13. The maximum Gasteiger partial charge on any atom is 0.182 e. The zero-order valence-corrected chi connectivity index (χ0v) is 8.69. The fourth-order valence-corrected chi connectivity index (χ4v) is 1.85. The monoisotopic (exact) mass is 230 g/mol. The van der Waals surface area contributed by atoms with Crippen molar-refractivity contribution in [1.29, 1.82) is 0 Å². The topological polar surface area (TPSA) is 24.1 Å². The summed E-state index contributed by atoms with van der Waals surface area (Å²) in [7, 11) is 0. The number of rotatable bonds is 3. The Kier molecular flexibility index (Phi) is 3.33. The highest BCUT2D eigenvalue weighted by Crippen LogP contribution is 2.19. The molecule has 2 N–H and O–H groups in total. The highest BCUT2D eigenvalue weighted by atomic mass is 19.2. The summed E-state index contributed by atoms with van der Waals surface area (Å²) in [6.45, 7) is 1.41. The minimum atomic E-state index is -1.16. The van der Waals surface area contributed by atoms with Gasteiger partial charge in [-0.1, -0.05) is 0 Å². The van der Waals surface area contributed by atoms with Crippen LogP contribution in [0.3, 0.4) is 0 Å². The molecule has 0 bridgehead atoms. The van der Waals surface area contributed by atoms with Gasteiger partial charge in [-0.2, -0.15) is 0 Å². The molecular formula is C11H13F3N2. The van der Waals surface area contributed by atoms with Gasteiger partial charge in [0.05, 0.1) is 5.69 Å². The van der Waals surface area contributed by atoms with Gasteiger partial charge in [-0.25, -0.2) is 13.2 Å². The fourth-order valence-electron chi connectivity index (χ4n) is 1.85. The van der Waals surface area contributed by atoms with Crippen LogP contribution in [-0.2, 0) is 0 Å². The van der Waals surface area contributed by atoms with Crippen molar-refractivity contribution in [2.75, 3.05) is 18.4 Å². The molecule has 1 aliphatic heterocycles. The fraction of sp³-hybridized carbons (Fsp3) is 0.455. The second-order valence-electron chi connectivity index (χ2n) is 3.92. The number of hydrogen-bond acceptors (Lipinski definition) is 2. The van der Waals surface area contributed by atoms with Crippen molar-refractivity contribution in [3.8, 4) is 0 Å². The van der Waals surface area contributed by atoms with Gasteiger partial charge >= 0.3 is 0 Å². The highest BCUT2D eigenvalue weighted by Gasteiger charge is 2.15. The molecule has 0 radical (unpaired) electrons. The summed E-state index contributed by atoms with van der Waals surface area (Å²) in [5.41, 5.74) is -0.119. The smallest absolute Gasteiger partial charge is 0.182 e. The molecule has 1 atom stereocenters. The Morgan fingerprint density at radius 3 is 2.81 bits per heavy atom. The summed E-state index contributed by atoms with van der Waals surface area (Å²) in [6, 6.07) is 1.74. The number of nitrogens with one attached hydrogen (secondary N) is 2. The first-order chi connectivity index (χ1) is 7.66. The van der Waals surface area contributed by atoms with Gasteiger partial charge in [0, 0.05) is 24.7 Å². The van der Waals surface area contributed by atoms with Crippen LogP contribution >= 0.6 is 0 Å². The van der Waals surface area contributed by atoms with Crippen molar-refractivity contribution >= 4 is 5.69 Å². The molecule has 0 aliphatic carbocycles. The van der Waals surface area contributed by atoms with Crippen LogP contribution in [0.2, 0.25) is 0 Å². The molecule has 0 aromatic heterocycles. The standard InChI is InChI=1S/C11H13F3N2/c12-7-4-9(13)11(14)10(5-7)16-6-8-2-1-3-15-8/h4-5,8,15-16H,1-3,6H2. The second-order valence-corrected chi connectivity index (χ2v) is 3.92. The van der Waals surface area contributed by atoms with Crippen molar-refractivity contribution in [2.45, 2.75) is 18.9 Å². The van der Waals surface area contributed by atoms with Crippen LogP contribution in [0.25, 0.3) is 0 Å². The Morgan fingerprint density at radius 1 is 1.31 bits per heavy atom. The van der Waals surface area contributed by atoms with E-state index in [1.807, 2.05) is 0 Å². The maximum atomic E-state index is 13.2. The normalized spacial score (nSPS) is 20.1. The third kappa shape index (κ3) is 2.47. The SMILES string of the molecule is Fc1cc(F)c(F)c(NCC2CCCN2)c1. The largest absolute Gasteiger partial charge is 0.381 e. The number of benzene rings is 1. The summed E-state index contributed by atoms with van der Waals surface area (Å²) >= 11 is 0.